The summed E-state index contributed by atoms with van der Waals surface area (Å²) in [5.74, 6) is 0.00971. The maximum absolute atomic E-state index is 12.8. The zero-order valence-electron chi connectivity index (χ0n) is 13.7. The number of fused-ring (bicyclic) bond motifs is 2. The Morgan fingerprint density at radius 3 is 2.68 bits per heavy atom. The van der Waals surface area contributed by atoms with E-state index in [1.54, 1.807) is 24.3 Å². The molecule has 2 heterocycles. The van der Waals surface area contributed by atoms with E-state index >= 15 is 0 Å². The van der Waals surface area contributed by atoms with Crippen molar-refractivity contribution in [2.24, 2.45) is 0 Å². The third-order valence-corrected chi connectivity index (χ3v) is 4.73. The molecule has 126 valence electrons. The van der Waals surface area contributed by atoms with Gasteiger partial charge in [0.05, 0.1) is 16.9 Å². The Labute approximate surface area is 143 Å². The fraction of sp³-hybridized carbons (Fsp3) is 0.211. The molecule has 1 unspecified atom stereocenters. The molecule has 0 bridgehead atoms. The average Bonchev–Trinajstić information content (AvgIpc) is 2.61. The van der Waals surface area contributed by atoms with Crippen LogP contribution in [-0.4, -0.2) is 15.5 Å². The minimum atomic E-state index is -0.428. The number of hydrogen-bond donors (Lipinski definition) is 2. The van der Waals surface area contributed by atoms with Crippen LogP contribution in [-0.2, 0) is 11.2 Å². The van der Waals surface area contributed by atoms with Crippen molar-refractivity contribution in [2.45, 2.75) is 25.8 Å². The van der Waals surface area contributed by atoms with E-state index in [4.69, 9.17) is 0 Å². The second kappa shape index (κ2) is 5.73. The van der Waals surface area contributed by atoms with E-state index in [0.717, 1.165) is 16.8 Å². The van der Waals surface area contributed by atoms with E-state index in [2.05, 4.69) is 10.3 Å². The molecule has 1 aromatic heterocycles. The highest BCUT2D eigenvalue weighted by atomic mass is 16.2. The third-order valence-electron chi connectivity index (χ3n) is 4.73. The molecule has 1 aliphatic heterocycles. The number of H-pyrrole nitrogens is 1. The van der Waals surface area contributed by atoms with Crippen LogP contribution in [0.15, 0.2) is 52.1 Å². The molecular formula is C19H17N3O3. The zero-order chi connectivity index (χ0) is 17.6. The van der Waals surface area contributed by atoms with Crippen molar-refractivity contribution in [1.82, 2.24) is 9.55 Å². The summed E-state index contributed by atoms with van der Waals surface area (Å²) in [6.45, 7) is 1.83. The number of anilines is 1. The lowest BCUT2D eigenvalue weighted by molar-refractivity contribution is -0.116. The van der Waals surface area contributed by atoms with Crippen molar-refractivity contribution in [3.8, 4) is 0 Å². The first-order valence-electron chi connectivity index (χ1n) is 8.21. The first-order valence-corrected chi connectivity index (χ1v) is 8.21. The van der Waals surface area contributed by atoms with Crippen molar-refractivity contribution >= 4 is 22.5 Å². The number of nitrogens with zero attached hydrogens (tertiary/aromatic N) is 1. The van der Waals surface area contributed by atoms with Crippen LogP contribution < -0.4 is 16.6 Å². The number of aryl methyl sites for hydroxylation is 1. The molecule has 6 heteroatoms. The summed E-state index contributed by atoms with van der Waals surface area (Å²) in [6.07, 6.45) is 1.10. The first kappa shape index (κ1) is 15.4. The van der Waals surface area contributed by atoms with Gasteiger partial charge in [-0.2, -0.15) is 0 Å². The molecule has 0 saturated heterocycles. The zero-order valence-corrected chi connectivity index (χ0v) is 13.7. The normalized spacial score (nSPS) is 14.8. The van der Waals surface area contributed by atoms with Crippen LogP contribution in [0.25, 0.3) is 10.9 Å². The van der Waals surface area contributed by atoms with Gasteiger partial charge in [0.2, 0.25) is 5.91 Å². The highest BCUT2D eigenvalue weighted by Gasteiger charge is 2.19. The van der Waals surface area contributed by atoms with Crippen LogP contribution in [0.4, 0.5) is 5.69 Å². The molecule has 0 spiro atoms. The van der Waals surface area contributed by atoms with Gasteiger partial charge in [0.1, 0.15) is 0 Å². The van der Waals surface area contributed by atoms with E-state index in [1.165, 1.54) is 4.57 Å². The second-order valence-electron chi connectivity index (χ2n) is 6.29. The van der Waals surface area contributed by atoms with Gasteiger partial charge >= 0.3 is 5.69 Å². The predicted octanol–water partition coefficient (Wildman–Crippen LogP) is 2.18. The van der Waals surface area contributed by atoms with Gasteiger partial charge in [-0.3, -0.25) is 14.2 Å². The summed E-state index contributed by atoms with van der Waals surface area (Å²) < 4.78 is 1.24. The fourth-order valence-corrected chi connectivity index (χ4v) is 3.34. The largest absolute Gasteiger partial charge is 0.329 e. The number of nitrogens with one attached hydrogen (secondary N) is 2. The van der Waals surface area contributed by atoms with Gasteiger partial charge in [0.25, 0.3) is 5.56 Å². The minimum Gasteiger partial charge on any atom is -0.326 e. The van der Waals surface area contributed by atoms with Crippen LogP contribution in [0.2, 0.25) is 0 Å². The summed E-state index contributed by atoms with van der Waals surface area (Å²) in [7, 11) is 0. The predicted molar refractivity (Wildman–Crippen MR) is 96.0 cm³/mol. The lowest BCUT2D eigenvalue weighted by Gasteiger charge is -2.20. The lowest BCUT2D eigenvalue weighted by Crippen LogP contribution is -2.37. The van der Waals surface area contributed by atoms with Gasteiger partial charge in [-0.05, 0) is 42.7 Å². The maximum Gasteiger partial charge on any atom is 0.329 e. The van der Waals surface area contributed by atoms with Crippen molar-refractivity contribution < 1.29 is 4.79 Å². The van der Waals surface area contributed by atoms with E-state index in [1.807, 2.05) is 25.1 Å². The molecule has 0 aliphatic carbocycles. The molecule has 0 fully saturated rings. The SMILES string of the molecule is CC(c1ccc2c(c1)CCC(=O)N2)n1c(=O)[nH]c2ccccc2c1=O. The number of carbonyl (C=O) groups is 1. The highest BCUT2D eigenvalue weighted by molar-refractivity contribution is 5.93. The molecule has 0 radical (unpaired) electrons. The summed E-state index contributed by atoms with van der Waals surface area (Å²) in [6, 6.07) is 12.2. The summed E-state index contributed by atoms with van der Waals surface area (Å²) >= 11 is 0. The number of para-hydroxylation sites is 1. The Morgan fingerprint density at radius 2 is 1.84 bits per heavy atom. The Bertz CT molecular complexity index is 1110. The topological polar surface area (TPSA) is 84.0 Å². The van der Waals surface area contributed by atoms with E-state index in [9.17, 15) is 14.4 Å². The first-order chi connectivity index (χ1) is 12.0. The van der Waals surface area contributed by atoms with Gasteiger partial charge in [0.15, 0.2) is 0 Å². The molecule has 1 amide bonds. The number of aromatic amines is 1. The molecular weight excluding hydrogens is 318 g/mol. The van der Waals surface area contributed by atoms with Crippen molar-refractivity contribution in [1.29, 1.82) is 0 Å². The van der Waals surface area contributed by atoms with Gasteiger partial charge in [0, 0.05) is 12.1 Å². The van der Waals surface area contributed by atoms with Crippen LogP contribution in [0.5, 0.6) is 0 Å². The molecule has 3 aromatic rings. The van der Waals surface area contributed by atoms with Gasteiger partial charge in [-0.25, -0.2) is 4.79 Å². The molecule has 6 nitrogen and oxygen atoms in total. The molecule has 0 saturated carbocycles. The Balaban J connectivity index is 1.83. The van der Waals surface area contributed by atoms with E-state index in [0.29, 0.717) is 23.7 Å². The number of amides is 1. The molecule has 4 rings (SSSR count). The standard InChI is InChI=1S/C19H17N3O3/c1-11(12-6-8-15-13(10-12)7-9-17(23)20-15)22-18(24)14-4-2-3-5-16(14)21-19(22)25/h2-6,8,10-11H,7,9H2,1H3,(H,20,23)(H,21,25). The van der Waals surface area contributed by atoms with E-state index < -0.39 is 11.7 Å². The van der Waals surface area contributed by atoms with Crippen molar-refractivity contribution in [2.75, 3.05) is 5.32 Å². The monoisotopic (exact) mass is 335 g/mol. The van der Waals surface area contributed by atoms with Gasteiger partial charge in [-0.1, -0.05) is 24.3 Å². The van der Waals surface area contributed by atoms with Crippen molar-refractivity contribution in [3.63, 3.8) is 0 Å². The molecule has 2 N–H and O–H groups in total. The van der Waals surface area contributed by atoms with Crippen LogP contribution in [0.1, 0.15) is 30.5 Å². The van der Waals surface area contributed by atoms with Crippen LogP contribution in [0.3, 0.4) is 0 Å². The minimum absolute atomic E-state index is 0.00971. The smallest absolute Gasteiger partial charge is 0.326 e. The Morgan fingerprint density at radius 1 is 1.04 bits per heavy atom. The number of rotatable bonds is 2. The fourth-order valence-electron chi connectivity index (χ4n) is 3.34. The Hall–Kier alpha value is -3.15. The average molecular weight is 335 g/mol. The summed E-state index contributed by atoms with van der Waals surface area (Å²) in [5.41, 5.74) is 2.48. The van der Waals surface area contributed by atoms with E-state index in [-0.39, 0.29) is 11.5 Å². The number of carbonyl (C=O) groups excluding carboxylic acids is 1. The Kier molecular flexibility index (Phi) is 3.53. The molecule has 2 aromatic carbocycles. The number of aromatic nitrogens is 2. The van der Waals surface area contributed by atoms with Gasteiger partial charge < -0.3 is 10.3 Å². The summed E-state index contributed by atoms with van der Waals surface area (Å²) in [4.78, 5) is 39.5. The van der Waals surface area contributed by atoms with Gasteiger partial charge in [-0.15, -0.1) is 0 Å². The quantitative estimate of drug-likeness (QED) is 0.753. The molecule has 1 aliphatic rings. The van der Waals surface area contributed by atoms with Crippen LogP contribution >= 0.6 is 0 Å². The number of hydrogen-bond acceptors (Lipinski definition) is 3. The molecule has 1 atom stereocenters. The second-order valence-corrected chi connectivity index (χ2v) is 6.29. The highest BCUT2D eigenvalue weighted by Crippen LogP contribution is 2.26. The third kappa shape index (κ3) is 2.55. The molecule has 25 heavy (non-hydrogen) atoms. The van der Waals surface area contributed by atoms with Crippen LogP contribution in [0, 0.1) is 0 Å². The van der Waals surface area contributed by atoms with Crippen molar-refractivity contribution in [3.05, 3.63) is 74.4 Å². The maximum atomic E-state index is 12.8. The number of benzene rings is 2. The lowest BCUT2D eigenvalue weighted by atomic mass is 9.97. The summed E-state index contributed by atoms with van der Waals surface area (Å²) in [5, 5.41) is 3.32.